The summed E-state index contributed by atoms with van der Waals surface area (Å²) in [6.07, 6.45) is 0.113. The Balaban J connectivity index is 1.60. The Labute approximate surface area is 123 Å². The molecule has 1 saturated heterocycles. The van der Waals surface area contributed by atoms with Crippen molar-refractivity contribution >= 4 is 21.6 Å². The Morgan fingerprint density at radius 2 is 2.25 bits per heavy atom. The highest BCUT2D eigenvalue weighted by atomic mass is 32.1. The van der Waals surface area contributed by atoms with Crippen LogP contribution in [0.25, 0.3) is 10.2 Å². The van der Waals surface area contributed by atoms with Gasteiger partial charge in [0.05, 0.1) is 29.0 Å². The monoisotopic (exact) mass is 292 g/mol. The summed E-state index contributed by atoms with van der Waals surface area (Å²) in [6, 6.07) is 8.46. The zero-order valence-corrected chi connectivity index (χ0v) is 12.9. The van der Waals surface area contributed by atoms with Crippen molar-refractivity contribution in [2.45, 2.75) is 38.7 Å². The third-order valence-corrected chi connectivity index (χ3v) is 4.62. The minimum atomic E-state index is -0.453. The SMILES string of the molecule is CC(NCC1COC(C)(C)O1)c1nc2ccccc2s1. The van der Waals surface area contributed by atoms with E-state index in [1.165, 1.54) is 4.70 Å². The fourth-order valence-corrected chi connectivity index (χ4v) is 3.33. The van der Waals surface area contributed by atoms with Crippen molar-refractivity contribution in [3.63, 3.8) is 0 Å². The Hall–Kier alpha value is -1.01. The van der Waals surface area contributed by atoms with Crippen LogP contribution in [0.2, 0.25) is 0 Å². The summed E-state index contributed by atoms with van der Waals surface area (Å²) in [4.78, 5) is 4.67. The van der Waals surface area contributed by atoms with E-state index in [-0.39, 0.29) is 12.1 Å². The first-order valence-corrected chi connectivity index (χ1v) is 7.76. The molecule has 0 saturated carbocycles. The molecule has 1 aliphatic heterocycles. The molecule has 1 aliphatic rings. The maximum Gasteiger partial charge on any atom is 0.163 e. The maximum absolute atomic E-state index is 5.79. The second kappa shape index (κ2) is 5.41. The van der Waals surface area contributed by atoms with Gasteiger partial charge < -0.3 is 14.8 Å². The second-order valence-electron chi connectivity index (χ2n) is 5.60. The van der Waals surface area contributed by atoms with Crippen molar-refractivity contribution in [2.24, 2.45) is 0 Å². The van der Waals surface area contributed by atoms with E-state index >= 15 is 0 Å². The molecule has 2 unspecified atom stereocenters. The first-order chi connectivity index (χ1) is 9.53. The topological polar surface area (TPSA) is 43.4 Å². The highest BCUT2D eigenvalue weighted by Gasteiger charge is 2.32. The molecule has 5 heteroatoms. The smallest absolute Gasteiger partial charge is 0.163 e. The summed E-state index contributed by atoms with van der Waals surface area (Å²) < 4.78 is 12.6. The molecule has 1 aromatic carbocycles. The number of rotatable bonds is 4. The number of aromatic nitrogens is 1. The van der Waals surface area contributed by atoms with Gasteiger partial charge in [-0.15, -0.1) is 11.3 Å². The van der Waals surface area contributed by atoms with E-state index in [1.807, 2.05) is 26.0 Å². The predicted octanol–water partition coefficient (Wildman–Crippen LogP) is 3.10. The predicted molar refractivity (Wildman–Crippen MR) is 80.9 cm³/mol. The first kappa shape index (κ1) is 13.9. The van der Waals surface area contributed by atoms with Gasteiger partial charge in [0.25, 0.3) is 0 Å². The van der Waals surface area contributed by atoms with E-state index in [1.54, 1.807) is 11.3 Å². The molecule has 108 valence electrons. The Morgan fingerprint density at radius 3 is 2.95 bits per heavy atom. The van der Waals surface area contributed by atoms with E-state index in [9.17, 15) is 0 Å². The molecule has 1 fully saturated rings. The van der Waals surface area contributed by atoms with Crippen LogP contribution in [-0.2, 0) is 9.47 Å². The number of nitrogens with one attached hydrogen (secondary N) is 1. The Bertz CT molecular complexity index is 563. The van der Waals surface area contributed by atoms with Gasteiger partial charge in [0.2, 0.25) is 0 Å². The van der Waals surface area contributed by atoms with Crippen LogP contribution in [0.1, 0.15) is 31.8 Å². The molecule has 0 radical (unpaired) electrons. The summed E-state index contributed by atoms with van der Waals surface area (Å²) >= 11 is 1.74. The summed E-state index contributed by atoms with van der Waals surface area (Å²) in [6.45, 7) is 7.46. The highest BCUT2D eigenvalue weighted by Crippen LogP contribution is 2.27. The summed E-state index contributed by atoms with van der Waals surface area (Å²) in [5, 5.41) is 4.60. The number of ether oxygens (including phenoxy) is 2. The lowest BCUT2D eigenvalue weighted by molar-refractivity contribution is -0.137. The molecule has 1 N–H and O–H groups in total. The van der Waals surface area contributed by atoms with Gasteiger partial charge in [-0.3, -0.25) is 0 Å². The summed E-state index contributed by atoms with van der Waals surface area (Å²) in [5.74, 6) is -0.453. The van der Waals surface area contributed by atoms with Crippen molar-refractivity contribution in [3.8, 4) is 0 Å². The van der Waals surface area contributed by atoms with E-state index in [4.69, 9.17) is 9.47 Å². The first-order valence-electron chi connectivity index (χ1n) is 6.94. The molecule has 2 aromatic rings. The van der Waals surface area contributed by atoms with Gasteiger partial charge in [-0.2, -0.15) is 0 Å². The van der Waals surface area contributed by atoms with Crippen molar-refractivity contribution in [2.75, 3.05) is 13.2 Å². The largest absolute Gasteiger partial charge is 0.348 e. The van der Waals surface area contributed by atoms with Crippen LogP contribution in [0.5, 0.6) is 0 Å². The lowest BCUT2D eigenvalue weighted by Gasteiger charge is -2.18. The van der Waals surface area contributed by atoms with Crippen LogP contribution in [0.15, 0.2) is 24.3 Å². The average Bonchev–Trinajstić information content (AvgIpc) is 2.99. The molecular weight excluding hydrogens is 272 g/mol. The average molecular weight is 292 g/mol. The number of para-hydroxylation sites is 1. The molecule has 0 bridgehead atoms. The molecule has 4 nitrogen and oxygen atoms in total. The van der Waals surface area contributed by atoms with Gasteiger partial charge in [0, 0.05) is 6.54 Å². The van der Waals surface area contributed by atoms with Crippen molar-refractivity contribution < 1.29 is 9.47 Å². The Morgan fingerprint density at radius 1 is 1.45 bits per heavy atom. The molecule has 2 atom stereocenters. The lowest BCUT2D eigenvalue weighted by Crippen LogP contribution is -2.32. The molecule has 0 spiro atoms. The molecule has 3 rings (SSSR count). The third-order valence-electron chi connectivity index (χ3n) is 3.40. The molecule has 0 aliphatic carbocycles. The molecule has 20 heavy (non-hydrogen) atoms. The van der Waals surface area contributed by atoms with E-state index < -0.39 is 5.79 Å². The number of hydrogen-bond acceptors (Lipinski definition) is 5. The standard InChI is InChI=1S/C15H20N2O2S/c1-10(16-8-11-9-18-15(2,3)19-11)14-17-12-6-4-5-7-13(12)20-14/h4-7,10-11,16H,8-9H2,1-3H3. The van der Waals surface area contributed by atoms with E-state index in [2.05, 4.69) is 29.4 Å². The van der Waals surface area contributed by atoms with Crippen LogP contribution in [0.4, 0.5) is 0 Å². The molecule has 1 aromatic heterocycles. The van der Waals surface area contributed by atoms with Crippen LogP contribution in [-0.4, -0.2) is 30.0 Å². The van der Waals surface area contributed by atoms with Gasteiger partial charge in [-0.05, 0) is 32.9 Å². The van der Waals surface area contributed by atoms with Crippen LogP contribution in [0.3, 0.4) is 0 Å². The van der Waals surface area contributed by atoms with Crippen LogP contribution >= 0.6 is 11.3 Å². The number of nitrogens with zero attached hydrogens (tertiary/aromatic N) is 1. The number of fused-ring (bicyclic) bond motifs is 1. The van der Waals surface area contributed by atoms with Crippen molar-refractivity contribution in [1.29, 1.82) is 0 Å². The summed E-state index contributed by atoms with van der Waals surface area (Å²) in [7, 11) is 0. The number of benzene rings is 1. The second-order valence-corrected chi connectivity index (χ2v) is 6.66. The van der Waals surface area contributed by atoms with Gasteiger partial charge in [0.1, 0.15) is 5.01 Å². The van der Waals surface area contributed by atoms with E-state index in [0.717, 1.165) is 17.1 Å². The van der Waals surface area contributed by atoms with E-state index in [0.29, 0.717) is 6.61 Å². The van der Waals surface area contributed by atoms with Gasteiger partial charge >= 0.3 is 0 Å². The Kier molecular flexibility index (Phi) is 3.77. The minimum absolute atomic E-state index is 0.113. The van der Waals surface area contributed by atoms with Crippen molar-refractivity contribution in [1.82, 2.24) is 10.3 Å². The molecule has 2 heterocycles. The quantitative estimate of drug-likeness (QED) is 0.940. The minimum Gasteiger partial charge on any atom is -0.348 e. The highest BCUT2D eigenvalue weighted by molar-refractivity contribution is 7.18. The fourth-order valence-electron chi connectivity index (χ4n) is 2.33. The van der Waals surface area contributed by atoms with Gasteiger partial charge in [0.15, 0.2) is 5.79 Å². The summed E-state index contributed by atoms with van der Waals surface area (Å²) in [5.41, 5.74) is 1.07. The molecule has 0 amide bonds. The lowest BCUT2D eigenvalue weighted by atomic mass is 10.3. The van der Waals surface area contributed by atoms with Gasteiger partial charge in [-0.25, -0.2) is 4.98 Å². The van der Waals surface area contributed by atoms with Crippen LogP contribution < -0.4 is 5.32 Å². The number of hydrogen-bond donors (Lipinski definition) is 1. The zero-order valence-electron chi connectivity index (χ0n) is 12.1. The maximum atomic E-state index is 5.79. The zero-order chi connectivity index (χ0) is 14.2. The van der Waals surface area contributed by atoms with Gasteiger partial charge in [-0.1, -0.05) is 12.1 Å². The fraction of sp³-hybridized carbons (Fsp3) is 0.533. The normalized spacial score (nSPS) is 23.2. The molecular formula is C15H20N2O2S. The number of thiazole rings is 1. The van der Waals surface area contributed by atoms with Crippen LogP contribution in [0, 0.1) is 0 Å². The van der Waals surface area contributed by atoms with Crippen molar-refractivity contribution in [3.05, 3.63) is 29.3 Å². The third kappa shape index (κ3) is 3.01.